The molecule has 0 bridgehead atoms. The number of amides is 1. The monoisotopic (exact) mass is 556 g/mol. The van der Waals surface area contributed by atoms with Gasteiger partial charge in [0.1, 0.15) is 12.6 Å². The zero-order chi connectivity index (χ0) is 29.6. The Labute approximate surface area is 230 Å². The minimum absolute atomic E-state index is 0.195. The molecule has 2 unspecified atom stereocenters. The van der Waals surface area contributed by atoms with Crippen LogP contribution in [0.15, 0.2) is 90.6 Å². The van der Waals surface area contributed by atoms with Crippen LogP contribution in [0.1, 0.15) is 31.9 Å². The molecule has 1 aromatic rings. The second-order valence-corrected chi connectivity index (χ2v) is 10.6. The number of nitrogens with one attached hydrogen (secondary N) is 2. The van der Waals surface area contributed by atoms with E-state index >= 15 is 0 Å². The predicted octanol–water partition coefficient (Wildman–Crippen LogP) is 3.64. The summed E-state index contributed by atoms with van der Waals surface area (Å²) < 4.78 is 22.1. The zero-order valence-electron chi connectivity index (χ0n) is 22.5. The summed E-state index contributed by atoms with van der Waals surface area (Å²) in [5, 5.41) is 20.2. The minimum atomic E-state index is -3.35. The fourth-order valence-electron chi connectivity index (χ4n) is 3.37. The van der Waals surface area contributed by atoms with Gasteiger partial charge in [0.05, 0.1) is 6.26 Å². The van der Waals surface area contributed by atoms with Crippen LogP contribution in [-0.4, -0.2) is 55.3 Å². The summed E-state index contributed by atoms with van der Waals surface area (Å²) in [5.41, 5.74) is 4.09. The highest BCUT2D eigenvalue weighted by atomic mass is 32.2. The first-order valence-electron chi connectivity index (χ1n) is 12.1. The summed E-state index contributed by atoms with van der Waals surface area (Å²) in [7, 11) is -3.35. The van der Waals surface area contributed by atoms with Crippen LogP contribution >= 0.6 is 0 Å². The topological polar surface area (TPSA) is 150 Å². The standard InChI is InChI=1S/C26H29NO3.C3H7NO4S/c1-5-8-19(4)23(6-2)25(28)27-24(26(29)30)17-20-12-15-22(16-13-20)21-10-7-9-18(3)11-14-21;1-9(7,8)4-2-3(5)6/h5-16,18,24H,2,17H2,1,3-4H3,(H,27,28)(H,29,30);4H,2H2,1H3,(H,5,6)/b8-5-,23-19+;. The van der Waals surface area contributed by atoms with Crippen LogP contribution in [0.4, 0.5) is 0 Å². The number of carbonyl (C=O) groups is 3. The Kier molecular flexibility index (Phi) is 13.6. The van der Waals surface area contributed by atoms with Crippen LogP contribution in [0.5, 0.6) is 0 Å². The fourth-order valence-corrected chi connectivity index (χ4v) is 3.76. The summed E-state index contributed by atoms with van der Waals surface area (Å²) in [6.07, 6.45) is 16.6. The van der Waals surface area contributed by atoms with E-state index in [-0.39, 0.29) is 6.42 Å². The van der Waals surface area contributed by atoms with E-state index in [4.69, 9.17) is 5.11 Å². The van der Waals surface area contributed by atoms with Crippen LogP contribution in [0, 0.1) is 5.92 Å². The molecule has 4 N–H and O–H groups in total. The molecule has 1 aromatic carbocycles. The smallest absolute Gasteiger partial charge is 0.326 e. The normalized spacial score (nSPS) is 16.2. The Morgan fingerprint density at radius 3 is 2.26 bits per heavy atom. The third kappa shape index (κ3) is 12.9. The van der Waals surface area contributed by atoms with E-state index in [0.717, 1.165) is 28.5 Å². The highest BCUT2D eigenvalue weighted by Gasteiger charge is 2.22. The number of allylic oxidation sites excluding steroid dienone is 9. The maximum atomic E-state index is 12.6. The number of rotatable bonds is 11. The van der Waals surface area contributed by atoms with Crippen LogP contribution < -0.4 is 10.0 Å². The average molecular weight is 557 g/mol. The quantitative estimate of drug-likeness (QED) is 0.240. The molecule has 210 valence electrons. The number of aliphatic carboxylic acids is 2. The molecule has 39 heavy (non-hydrogen) atoms. The second kappa shape index (κ2) is 16.1. The first-order chi connectivity index (χ1) is 18.3. The van der Waals surface area contributed by atoms with Crippen LogP contribution in [0.2, 0.25) is 0 Å². The minimum Gasteiger partial charge on any atom is -0.480 e. The van der Waals surface area contributed by atoms with Crippen molar-refractivity contribution < 1.29 is 33.0 Å². The van der Waals surface area contributed by atoms with Crippen molar-refractivity contribution in [2.75, 3.05) is 12.8 Å². The molecule has 9 nitrogen and oxygen atoms in total. The van der Waals surface area contributed by atoms with Crippen LogP contribution in [0.25, 0.3) is 5.57 Å². The number of carboxylic acids is 2. The Hall–Kier alpha value is -4.02. The van der Waals surface area contributed by atoms with E-state index in [1.54, 1.807) is 17.7 Å². The van der Waals surface area contributed by atoms with Gasteiger partial charge in [-0.1, -0.05) is 86.4 Å². The molecule has 2 rings (SSSR count). The molecular formula is C29H36N2O7S. The van der Waals surface area contributed by atoms with Gasteiger partial charge in [-0.05, 0) is 42.0 Å². The van der Waals surface area contributed by atoms with Gasteiger partial charge in [-0.3, -0.25) is 9.59 Å². The van der Waals surface area contributed by atoms with Crippen molar-refractivity contribution in [3.05, 3.63) is 102 Å². The summed E-state index contributed by atoms with van der Waals surface area (Å²) in [6, 6.07) is 6.72. The van der Waals surface area contributed by atoms with Gasteiger partial charge in [0.25, 0.3) is 5.91 Å². The third-order valence-electron chi connectivity index (χ3n) is 5.38. The van der Waals surface area contributed by atoms with Gasteiger partial charge < -0.3 is 15.5 Å². The lowest BCUT2D eigenvalue weighted by Gasteiger charge is -2.16. The SMILES string of the molecule is C=C/C(C(=O)NC(Cc1ccc(C2=CC=CC(C)C=C2)cc1)C(=O)O)=C(C)\C=C/C.CS(=O)(=O)NCC(=O)O. The zero-order valence-corrected chi connectivity index (χ0v) is 23.4. The highest BCUT2D eigenvalue weighted by Crippen LogP contribution is 2.21. The Morgan fingerprint density at radius 2 is 1.77 bits per heavy atom. The van der Waals surface area contributed by atoms with Crippen molar-refractivity contribution in [2.45, 2.75) is 33.2 Å². The second-order valence-electron chi connectivity index (χ2n) is 8.78. The van der Waals surface area contributed by atoms with Crippen molar-refractivity contribution in [2.24, 2.45) is 5.92 Å². The highest BCUT2D eigenvalue weighted by molar-refractivity contribution is 7.88. The summed E-state index contributed by atoms with van der Waals surface area (Å²) in [5.74, 6) is -2.32. The predicted molar refractivity (Wildman–Crippen MR) is 153 cm³/mol. The van der Waals surface area contributed by atoms with Gasteiger partial charge in [0.15, 0.2) is 0 Å². The lowest BCUT2D eigenvalue weighted by atomic mass is 9.99. The largest absolute Gasteiger partial charge is 0.480 e. The number of hydrogen-bond acceptors (Lipinski definition) is 5. The molecule has 0 aromatic heterocycles. The van der Waals surface area contributed by atoms with E-state index in [2.05, 4.69) is 43.1 Å². The molecule has 1 amide bonds. The molecule has 0 saturated heterocycles. The Balaban J connectivity index is 0.000000724. The van der Waals surface area contributed by atoms with E-state index < -0.39 is 40.5 Å². The Bertz CT molecular complexity index is 1300. The number of benzene rings is 1. The van der Waals surface area contributed by atoms with Gasteiger partial charge in [0, 0.05) is 12.0 Å². The molecular weight excluding hydrogens is 520 g/mol. The van der Waals surface area contributed by atoms with Gasteiger partial charge in [-0.25, -0.2) is 17.9 Å². The maximum absolute atomic E-state index is 12.6. The van der Waals surface area contributed by atoms with E-state index in [0.29, 0.717) is 11.5 Å². The van der Waals surface area contributed by atoms with Crippen molar-refractivity contribution in [3.8, 4) is 0 Å². The van der Waals surface area contributed by atoms with E-state index in [1.165, 1.54) is 6.08 Å². The average Bonchev–Trinajstić information content (AvgIpc) is 3.08. The first kappa shape index (κ1) is 33.0. The molecule has 0 saturated carbocycles. The molecule has 0 spiro atoms. The van der Waals surface area contributed by atoms with Crippen LogP contribution in [-0.2, 0) is 30.8 Å². The number of carboxylic acid groups (broad SMARTS) is 2. The van der Waals surface area contributed by atoms with Gasteiger partial charge in [-0.2, -0.15) is 0 Å². The summed E-state index contributed by atoms with van der Waals surface area (Å²) in [4.78, 5) is 34.0. The van der Waals surface area contributed by atoms with Gasteiger partial charge in [0.2, 0.25) is 10.0 Å². The first-order valence-corrected chi connectivity index (χ1v) is 14.0. The summed E-state index contributed by atoms with van der Waals surface area (Å²) in [6.45, 7) is 8.88. The molecule has 10 heteroatoms. The van der Waals surface area contributed by atoms with Crippen molar-refractivity contribution in [1.82, 2.24) is 10.0 Å². The number of sulfonamides is 1. The van der Waals surface area contributed by atoms with Crippen molar-refractivity contribution in [3.63, 3.8) is 0 Å². The fraction of sp³-hybridized carbons (Fsp3) is 0.276. The number of hydrogen-bond donors (Lipinski definition) is 4. The lowest BCUT2D eigenvalue weighted by Crippen LogP contribution is -2.42. The van der Waals surface area contributed by atoms with E-state index in [1.807, 2.05) is 43.3 Å². The molecule has 1 aliphatic carbocycles. The van der Waals surface area contributed by atoms with Gasteiger partial charge >= 0.3 is 11.9 Å². The molecule has 2 atom stereocenters. The molecule has 0 fully saturated rings. The lowest BCUT2D eigenvalue weighted by molar-refractivity contribution is -0.141. The Morgan fingerprint density at radius 1 is 1.13 bits per heavy atom. The molecule has 0 radical (unpaired) electrons. The van der Waals surface area contributed by atoms with Crippen LogP contribution in [0.3, 0.4) is 0 Å². The maximum Gasteiger partial charge on any atom is 0.326 e. The van der Waals surface area contributed by atoms with Crippen molar-refractivity contribution in [1.29, 1.82) is 0 Å². The molecule has 1 aliphatic rings. The summed E-state index contributed by atoms with van der Waals surface area (Å²) >= 11 is 0. The number of carbonyl (C=O) groups excluding carboxylic acids is 1. The molecule has 0 aliphatic heterocycles. The van der Waals surface area contributed by atoms with Gasteiger partial charge in [-0.15, -0.1) is 0 Å². The van der Waals surface area contributed by atoms with Crippen molar-refractivity contribution >= 4 is 33.4 Å². The van der Waals surface area contributed by atoms with E-state index in [9.17, 15) is 27.9 Å². The molecule has 0 heterocycles. The third-order valence-corrected chi connectivity index (χ3v) is 6.04.